The van der Waals surface area contributed by atoms with Gasteiger partial charge < -0.3 is 21.5 Å². The van der Waals surface area contributed by atoms with E-state index in [0.717, 1.165) is 54.9 Å². The lowest BCUT2D eigenvalue weighted by atomic mass is 9.87. The van der Waals surface area contributed by atoms with E-state index in [4.69, 9.17) is 5.73 Å². The van der Waals surface area contributed by atoms with Crippen molar-refractivity contribution >= 4 is 28.5 Å². The number of hydrogen-bond acceptors (Lipinski definition) is 6. The summed E-state index contributed by atoms with van der Waals surface area (Å²) in [5, 5.41) is 18.0. The molecule has 8 heteroatoms. The Hall–Kier alpha value is -2.81. The molecule has 1 aliphatic carbocycles. The summed E-state index contributed by atoms with van der Waals surface area (Å²) < 4.78 is 0. The summed E-state index contributed by atoms with van der Waals surface area (Å²) in [5.41, 5.74) is 6.38. The zero-order chi connectivity index (χ0) is 25.5. The number of aliphatic hydroxyl groups excluding tert-OH is 1. The number of aliphatic hydroxyl groups is 1. The summed E-state index contributed by atoms with van der Waals surface area (Å²) in [7, 11) is 0. The average Bonchev–Trinajstić information content (AvgIpc) is 3.46. The molecule has 2 aromatic rings. The van der Waals surface area contributed by atoms with Gasteiger partial charge in [0.1, 0.15) is 6.04 Å². The molecule has 2 aromatic carbocycles. The van der Waals surface area contributed by atoms with Gasteiger partial charge in [-0.05, 0) is 48.6 Å². The number of carbonyl (C=O) groups excluding carboxylic acids is 3. The van der Waals surface area contributed by atoms with Crippen LogP contribution in [-0.2, 0) is 20.8 Å². The Morgan fingerprint density at radius 1 is 1.00 bits per heavy atom. The molecule has 0 bridgehead atoms. The van der Waals surface area contributed by atoms with Crippen molar-refractivity contribution in [1.29, 1.82) is 0 Å². The van der Waals surface area contributed by atoms with Crippen LogP contribution in [-0.4, -0.2) is 65.5 Å². The first-order valence-corrected chi connectivity index (χ1v) is 13.2. The smallest absolute Gasteiger partial charge is 0.247 e. The lowest BCUT2D eigenvalue weighted by Crippen LogP contribution is -2.59. The predicted molar refractivity (Wildman–Crippen MR) is 139 cm³/mol. The third-order valence-corrected chi connectivity index (χ3v) is 7.43. The van der Waals surface area contributed by atoms with Gasteiger partial charge in [-0.3, -0.25) is 19.3 Å². The van der Waals surface area contributed by atoms with Crippen molar-refractivity contribution in [1.82, 2.24) is 15.5 Å². The van der Waals surface area contributed by atoms with E-state index in [1.54, 1.807) is 0 Å². The van der Waals surface area contributed by atoms with Gasteiger partial charge in [-0.1, -0.05) is 61.7 Å². The molecule has 0 radical (unpaired) electrons. The van der Waals surface area contributed by atoms with Crippen LogP contribution in [0.5, 0.6) is 0 Å². The highest BCUT2D eigenvalue weighted by molar-refractivity contribution is 6.03. The van der Waals surface area contributed by atoms with Gasteiger partial charge in [0.05, 0.1) is 12.1 Å². The molecule has 1 unspecified atom stereocenters. The van der Waals surface area contributed by atoms with Gasteiger partial charge in [0.15, 0.2) is 0 Å². The number of nitrogens with zero attached hydrogens (tertiary/aromatic N) is 1. The lowest BCUT2D eigenvalue weighted by Gasteiger charge is -2.35. The third kappa shape index (κ3) is 6.30. The van der Waals surface area contributed by atoms with Crippen LogP contribution in [0.25, 0.3) is 10.8 Å². The zero-order valence-electron chi connectivity index (χ0n) is 20.8. The predicted octanol–water partition coefficient (Wildman–Crippen LogP) is 1.87. The van der Waals surface area contributed by atoms with E-state index in [9.17, 15) is 19.5 Å². The standard InChI is InChI=1S/C28H38N4O4/c29-17-23(33)18-31-26(34)25(16-19-12-13-20-7-4-5-10-22(20)15-19)32(28(36)24-11-6-14-30-24)27(35)21-8-2-1-3-9-21/h4-5,7,10,12-13,15,21,23-25,30,33H,1-3,6,8-9,11,14,16-18,29H2,(H,31,34)/t23?,24-,25+/m0/s1. The minimum Gasteiger partial charge on any atom is -0.390 e. The van der Waals surface area contributed by atoms with Gasteiger partial charge in [-0.25, -0.2) is 0 Å². The molecule has 5 N–H and O–H groups in total. The van der Waals surface area contributed by atoms with Crippen molar-refractivity contribution in [2.24, 2.45) is 11.7 Å². The van der Waals surface area contributed by atoms with Gasteiger partial charge in [0.25, 0.3) is 0 Å². The van der Waals surface area contributed by atoms with Crippen molar-refractivity contribution in [2.45, 2.75) is 69.6 Å². The maximum absolute atomic E-state index is 13.9. The highest BCUT2D eigenvalue weighted by Gasteiger charge is 2.41. The van der Waals surface area contributed by atoms with Crippen molar-refractivity contribution in [3.8, 4) is 0 Å². The van der Waals surface area contributed by atoms with E-state index >= 15 is 0 Å². The summed E-state index contributed by atoms with van der Waals surface area (Å²) in [4.78, 5) is 42.4. The molecule has 4 rings (SSSR count). The van der Waals surface area contributed by atoms with Crippen LogP contribution in [0.1, 0.15) is 50.5 Å². The van der Waals surface area contributed by atoms with Crippen molar-refractivity contribution in [3.05, 3.63) is 48.0 Å². The Bertz CT molecular complexity index is 1060. The average molecular weight is 495 g/mol. The number of hydrogen-bond donors (Lipinski definition) is 4. The topological polar surface area (TPSA) is 125 Å². The first-order chi connectivity index (χ1) is 17.5. The number of amides is 3. The number of imide groups is 1. The molecular formula is C28H38N4O4. The maximum Gasteiger partial charge on any atom is 0.247 e. The van der Waals surface area contributed by atoms with Crippen molar-refractivity contribution < 1.29 is 19.5 Å². The summed E-state index contributed by atoms with van der Waals surface area (Å²) in [6.07, 6.45) is 5.24. The second kappa shape index (κ2) is 12.4. The summed E-state index contributed by atoms with van der Waals surface area (Å²) in [6.45, 7) is 0.683. The highest BCUT2D eigenvalue weighted by Crippen LogP contribution is 2.28. The highest BCUT2D eigenvalue weighted by atomic mass is 16.3. The minimum atomic E-state index is -1.01. The SMILES string of the molecule is NCC(O)CNC(=O)[C@@H](Cc1ccc2ccccc2c1)N(C(=O)C1CCCCC1)C(=O)[C@@H]1CCCN1. The molecule has 1 saturated heterocycles. The molecule has 36 heavy (non-hydrogen) atoms. The number of rotatable bonds is 9. The van der Waals surface area contributed by atoms with Crippen LogP contribution in [0.2, 0.25) is 0 Å². The van der Waals surface area contributed by atoms with Gasteiger partial charge in [0, 0.05) is 25.4 Å². The van der Waals surface area contributed by atoms with E-state index in [0.29, 0.717) is 13.0 Å². The fourth-order valence-electron chi connectivity index (χ4n) is 5.34. The van der Waals surface area contributed by atoms with Crippen LogP contribution in [0.3, 0.4) is 0 Å². The number of carbonyl (C=O) groups is 3. The van der Waals surface area contributed by atoms with Crippen LogP contribution < -0.4 is 16.4 Å². The van der Waals surface area contributed by atoms with E-state index in [2.05, 4.69) is 10.6 Å². The normalized spacial score (nSPS) is 20.1. The Labute approximate surface area is 212 Å². The molecule has 1 aliphatic heterocycles. The fourth-order valence-corrected chi connectivity index (χ4v) is 5.34. The number of fused-ring (bicyclic) bond motifs is 1. The molecular weight excluding hydrogens is 456 g/mol. The minimum absolute atomic E-state index is 0.00522. The van der Waals surface area contributed by atoms with E-state index in [-0.39, 0.29) is 37.2 Å². The van der Waals surface area contributed by atoms with Gasteiger partial charge in [-0.15, -0.1) is 0 Å². The second-order valence-electron chi connectivity index (χ2n) is 10.1. The molecule has 3 amide bonds. The summed E-state index contributed by atoms with van der Waals surface area (Å²) in [6, 6.07) is 12.4. The Morgan fingerprint density at radius 2 is 1.75 bits per heavy atom. The number of benzene rings is 2. The fraction of sp³-hybridized carbons (Fsp3) is 0.536. The van der Waals surface area contributed by atoms with Crippen molar-refractivity contribution in [3.63, 3.8) is 0 Å². The molecule has 194 valence electrons. The molecule has 2 aliphatic rings. The third-order valence-electron chi connectivity index (χ3n) is 7.43. The van der Waals surface area contributed by atoms with Crippen LogP contribution in [0.4, 0.5) is 0 Å². The first-order valence-electron chi connectivity index (χ1n) is 13.2. The van der Waals surface area contributed by atoms with Crippen LogP contribution in [0, 0.1) is 5.92 Å². The summed E-state index contributed by atoms with van der Waals surface area (Å²) >= 11 is 0. The Morgan fingerprint density at radius 3 is 2.44 bits per heavy atom. The van der Waals surface area contributed by atoms with E-state index in [1.807, 2.05) is 42.5 Å². The summed E-state index contributed by atoms with van der Waals surface area (Å²) in [5.74, 6) is -1.30. The maximum atomic E-state index is 13.9. The van der Waals surface area contributed by atoms with E-state index < -0.39 is 24.1 Å². The molecule has 1 saturated carbocycles. The molecule has 0 spiro atoms. The largest absolute Gasteiger partial charge is 0.390 e. The van der Waals surface area contributed by atoms with Gasteiger partial charge >= 0.3 is 0 Å². The Balaban J connectivity index is 1.68. The van der Waals surface area contributed by atoms with Crippen LogP contribution in [0.15, 0.2) is 42.5 Å². The molecule has 1 heterocycles. The van der Waals surface area contributed by atoms with Crippen molar-refractivity contribution in [2.75, 3.05) is 19.6 Å². The zero-order valence-corrected chi connectivity index (χ0v) is 20.8. The number of nitrogens with two attached hydrogens (primary N) is 1. The molecule has 0 aromatic heterocycles. The van der Waals surface area contributed by atoms with E-state index in [1.165, 1.54) is 4.90 Å². The lowest BCUT2D eigenvalue weighted by molar-refractivity contribution is -0.156. The number of nitrogens with one attached hydrogen (secondary N) is 2. The molecule has 3 atom stereocenters. The molecule has 2 fully saturated rings. The van der Waals surface area contributed by atoms with Crippen LogP contribution >= 0.6 is 0 Å². The monoisotopic (exact) mass is 494 g/mol. The second-order valence-corrected chi connectivity index (χ2v) is 10.1. The quantitative estimate of drug-likeness (QED) is 0.395. The van der Waals surface area contributed by atoms with Gasteiger partial charge in [-0.2, -0.15) is 0 Å². The molecule has 8 nitrogen and oxygen atoms in total. The van der Waals surface area contributed by atoms with Gasteiger partial charge in [0.2, 0.25) is 17.7 Å². The Kier molecular flexibility index (Phi) is 9.07. The first kappa shape index (κ1) is 26.3.